The van der Waals surface area contributed by atoms with Crippen LogP contribution in [0.2, 0.25) is 0 Å². The summed E-state index contributed by atoms with van der Waals surface area (Å²) in [7, 11) is 0. The Labute approximate surface area is 144 Å². The maximum Gasteiger partial charge on any atom is 0.155 e. The quantitative estimate of drug-likeness (QED) is 0.658. The lowest BCUT2D eigenvalue weighted by molar-refractivity contribution is -0.136. The summed E-state index contributed by atoms with van der Waals surface area (Å²) >= 11 is 0. The number of carbonyl (C=O) groups excluding carboxylic acids is 2. The third kappa shape index (κ3) is 1.46. The van der Waals surface area contributed by atoms with Gasteiger partial charge in [0.25, 0.3) is 0 Å². The molecule has 0 aromatic carbocycles. The highest BCUT2D eigenvalue weighted by Crippen LogP contribution is 2.78. The second kappa shape index (κ2) is 4.51. The van der Waals surface area contributed by atoms with Gasteiger partial charge in [-0.3, -0.25) is 9.59 Å². The first-order valence-corrected chi connectivity index (χ1v) is 9.88. The summed E-state index contributed by atoms with van der Waals surface area (Å²) in [5.41, 5.74) is 1.65. The van der Waals surface area contributed by atoms with Crippen LogP contribution in [0.1, 0.15) is 65.2 Å². The minimum absolute atomic E-state index is 0.138. The molecule has 5 aliphatic rings. The van der Waals surface area contributed by atoms with E-state index in [1.165, 1.54) is 31.3 Å². The first-order valence-electron chi connectivity index (χ1n) is 9.88. The lowest BCUT2D eigenvalue weighted by Crippen LogP contribution is -2.54. The molecule has 0 aliphatic heterocycles. The minimum atomic E-state index is -0.184. The van der Waals surface area contributed by atoms with Gasteiger partial charge in [0.1, 0.15) is 5.78 Å². The van der Waals surface area contributed by atoms with Crippen molar-refractivity contribution in [2.24, 2.45) is 34.0 Å². The van der Waals surface area contributed by atoms with Gasteiger partial charge in [0.2, 0.25) is 0 Å². The van der Waals surface area contributed by atoms with Crippen LogP contribution in [-0.4, -0.2) is 11.6 Å². The molecule has 3 saturated carbocycles. The predicted molar refractivity (Wildman–Crippen MR) is 93.3 cm³/mol. The molecule has 0 N–H and O–H groups in total. The lowest BCUT2D eigenvalue weighted by Gasteiger charge is -2.59. The molecule has 2 nitrogen and oxygen atoms in total. The fraction of sp³-hybridized carbons (Fsp3) is 0.727. The van der Waals surface area contributed by atoms with Crippen molar-refractivity contribution in [2.75, 3.05) is 0 Å². The van der Waals surface area contributed by atoms with Gasteiger partial charge in [-0.15, -0.1) is 0 Å². The number of hydrogen-bond donors (Lipinski definition) is 0. The molecule has 5 aliphatic carbocycles. The Hall–Kier alpha value is -1.18. The van der Waals surface area contributed by atoms with Gasteiger partial charge in [-0.2, -0.15) is 0 Å². The maximum atomic E-state index is 12.6. The number of hydrogen-bond acceptors (Lipinski definition) is 2. The zero-order valence-corrected chi connectivity index (χ0v) is 14.9. The smallest absolute Gasteiger partial charge is 0.155 e. The van der Waals surface area contributed by atoms with Crippen LogP contribution in [0, 0.1) is 34.0 Å². The third-order valence-electron chi connectivity index (χ3n) is 9.18. The molecule has 0 heterocycles. The number of Topliss-reactive ketones (excluding diaryl/α,β-unsaturated/α-hetero) is 1. The summed E-state index contributed by atoms with van der Waals surface area (Å²) in [4.78, 5) is 24.4. The van der Waals surface area contributed by atoms with Crippen molar-refractivity contribution in [3.8, 4) is 0 Å². The van der Waals surface area contributed by atoms with Crippen molar-refractivity contribution >= 4 is 11.6 Å². The molecule has 0 aromatic rings. The van der Waals surface area contributed by atoms with E-state index in [0.717, 1.165) is 31.6 Å². The summed E-state index contributed by atoms with van der Waals surface area (Å²) in [5.74, 6) is 2.82. The van der Waals surface area contributed by atoms with E-state index in [2.05, 4.69) is 19.1 Å². The van der Waals surface area contributed by atoms with E-state index in [0.29, 0.717) is 23.4 Å². The molecule has 6 atom stereocenters. The largest absolute Gasteiger partial charge is 0.299 e. The molecular formula is C22H28O2. The topological polar surface area (TPSA) is 34.1 Å². The van der Waals surface area contributed by atoms with Crippen LogP contribution in [0.15, 0.2) is 23.8 Å². The van der Waals surface area contributed by atoms with Gasteiger partial charge >= 0.3 is 0 Å². The highest BCUT2D eigenvalue weighted by Gasteiger charge is 2.72. The number of carbonyl (C=O) groups is 2. The number of fused-ring (bicyclic) bond motifs is 3. The normalized spacial score (nSPS) is 51.7. The number of rotatable bonds is 1. The van der Waals surface area contributed by atoms with E-state index in [4.69, 9.17) is 0 Å². The van der Waals surface area contributed by atoms with Gasteiger partial charge in [-0.1, -0.05) is 24.6 Å². The van der Waals surface area contributed by atoms with Crippen LogP contribution >= 0.6 is 0 Å². The molecule has 0 saturated heterocycles. The van der Waals surface area contributed by atoms with Crippen molar-refractivity contribution < 1.29 is 9.59 Å². The Morgan fingerprint density at radius 1 is 1.08 bits per heavy atom. The van der Waals surface area contributed by atoms with Gasteiger partial charge in [0.05, 0.1) is 5.41 Å². The Bertz CT molecular complexity index is 701. The Morgan fingerprint density at radius 2 is 1.92 bits per heavy atom. The Morgan fingerprint density at radius 3 is 2.62 bits per heavy atom. The predicted octanol–water partition coefficient (Wildman–Crippen LogP) is 4.64. The van der Waals surface area contributed by atoms with Crippen LogP contribution in [0.25, 0.3) is 0 Å². The number of allylic oxidation sites excluding steroid dienone is 3. The molecule has 0 amide bonds. The van der Waals surface area contributed by atoms with Crippen LogP contribution < -0.4 is 0 Å². The van der Waals surface area contributed by atoms with Crippen molar-refractivity contribution in [1.29, 1.82) is 0 Å². The van der Waals surface area contributed by atoms with Crippen LogP contribution in [0.5, 0.6) is 0 Å². The molecule has 0 radical (unpaired) electrons. The molecule has 0 spiro atoms. The standard InChI is InChI=1S/C22H28O2/c1-14(23)21-9-11-22(12-10-21)19-6-3-15-13-16(24)4-5-17(15)18(19)7-8-20(21,22)2/h9,11,13,17-19H,3-8,10,12H2,1-2H3/t17-,18+,19+,20+,21+,22?/m0/s1. The number of ketones is 2. The van der Waals surface area contributed by atoms with Crippen LogP contribution in [-0.2, 0) is 9.59 Å². The van der Waals surface area contributed by atoms with Gasteiger partial charge < -0.3 is 0 Å². The summed E-state index contributed by atoms with van der Waals surface area (Å²) in [5, 5.41) is 0. The summed E-state index contributed by atoms with van der Waals surface area (Å²) < 4.78 is 0. The molecule has 2 heteroatoms. The Balaban J connectivity index is 1.57. The van der Waals surface area contributed by atoms with Crippen molar-refractivity contribution in [3.63, 3.8) is 0 Å². The van der Waals surface area contributed by atoms with E-state index in [9.17, 15) is 9.59 Å². The molecule has 24 heavy (non-hydrogen) atoms. The first kappa shape index (κ1) is 15.1. The van der Waals surface area contributed by atoms with Gasteiger partial charge in [-0.25, -0.2) is 0 Å². The van der Waals surface area contributed by atoms with Crippen molar-refractivity contribution in [3.05, 3.63) is 23.8 Å². The zero-order valence-electron chi connectivity index (χ0n) is 14.9. The molecule has 3 fully saturated rings. The van der Waals surface area contributed by atoms with Crippen molar-refractivity contribution in [2.45, 2.75) is 65.2 Å². The summed E-state index contributed by atoms with van der Waals surface area (Å²) in [6.45, 7) is 4.24. The van der Waals surface area contributed by atoms with Crippen molar-refractivity contribution in [1.82, 2.24) is 0 Å². The lowest BCUT2D eigenvalue weighted by atomic mass is 9.44. The Kier molecular flexibility index (Phi) is 2.84. The van der Waals surface area contributed by atoms with E-state index in [1.54, 1.807) is 0 Å². The van der Waals surface area contributed by atoms with E-state index in [1.807, 2.05) is 13.0 Å². The first-order chi connectivity index (χ1) is 11.4. The third-order valence-corrected chi connectivity index (χ3v) is 9.18. The average molecular weight is 324 g/mol. The fourth-order valence-corrected chi connectivity index (χ4v) is 7.98. The molecule has 128 valence electrons. The maximum absolute atomic E-state index is 12.6. The second-order valence-corrected chi connectivity index (χ2v) is 9.41. The molecule has 1 unspecified atom stereocenters. The van der Waals surface area contributed by atoms with E-state index < -0.39 is 0 Å². The van der Waals surface area contributed by atoms with E-state index >= 15 is 0 Å². The van der Waals surface area contributed by atoms with Gasteiger partial charge in [0, 0.05) is 6.42 Å². The zero-order chi connectivity index (χ0) is 16.7. The molecule has 5 rings (SSSR count). The molecular weight excluding hydrogens is 296 g/mol. The monoisotopic (exact) mass is 324 g/mol. The average Bonchev–Trinajstić information content (AvgIpc) is 2.99. The summed E-state index contributed by atoms with van der Waals surface area (Å²) in [6, 6.07) is 0. The summed E-state index contributed by atoms with van der Waals surface area (Å²) in [6.07, 6.45) is 15.6. The second-order valence-electron chi connectivity index (χ2n) is 9.41. The SMILES string of the molecule is CC(=O)[C@@]12C=CC3(CC1)[C@@H]1CCC4=CC(=O)CC[C@@H]4[C@H]1CC[C@@]32C. The highest BCUT2D eigenvalue weighted by molar-refractivity contribution is 5.91. The van der Waals surface area contributed by atoms with Crippen LogP contribution in [0.3, 0.4) is 0 Å². The van der Waals surface area contributed by atoms with E-state index in [-0.39, 0.29) is 16.2 Å². The van der Waals surface area contributed by atoms with Crippen LogP contribution in [0.4, 0.5) is 0 Å². The minimum Gasteiger partial charge on any atom is -0.299 e. The fourth-order valence-electron chi connectivity index (χ4n) is 7.98. The molecule has 2 bridgehead atoms. The highest BCUT2D eigenvalue weighted by atomic mass is 16.1. The van der Waals surface area contributed by atoms with Gasteiger partial charge in [0.15, 0.2) is 5.78 Å². The van der Waals surface area contributed by atoms with Gasteiger partial charge in [-0.05, 0) is 86.5 Å². The molecule has 0 aromatic heterocycles.